The van der Waals surface area contributed by atoms with Crippen LogP contribution in [0.4, 0.5) is 0 Å². The number of rotatable bonds is 29. The predicted octanol–water partition coefficient (Wildman–Crippen LogP) is 5.83. The molecule has 204 valence electrons. The molecule has 0 fully saturated rings. The molecule has 0 amide bonds. The Kier molecular flexibility index (Phi) is 36.1. The summed E-state index contributed by atoms with van der Waals surface area (Å²) in [6.07, 6.45) is 33.0. The van der Waals surface area contributed by atoms with Crippen molar-refractivity contribution in [3.05, 3.63) is 0 Å². The summed E-state index contributed by atoms with van der Waals surface area (Å²) in [4.78, 5) is 13.3. The van der Waals surface area contributed by atoms with E-state index in [0.29, 0.717) is 6.54 Å². The van der Waals surface area contributed by atoms with Crippen LogP contribution in [0.5, 0.6) is 0 Å². The molecule has 0 aromatic rings. The molecule has 0 aromatic carbocycles. The van der Waals surface area contributed by atoms with Crippen molar-refractivity contribution in [1.82, 2.24) is 4.90 Å². The molecule has 35 heavy (non-hydrogen) atoms. The Bertz CT molecular complexity index is 377. The Morgan fingerprint density at radius 2 is 0.714 bits per heavy atom. The van der Waals surface area contributed by atoms with E-state index in [2.05, 4.69) is 18.7 Å². The first-order valence-corrected chi connectivity index (χ1v) is 15.6. The summed E-state index contributed by atoms with van der Waals surface area (Å²) in [7, 11) is 0. The van der Waals surface area contributed by atoms with Gasteiger partial charge >= 0.3 is 51.4 Å². The van der Waals surface area contributed by atoms with Crippen LogP contribution in [0, 0.1) is 0 Å². The van der Waals surface area contributed by atoms with E-state index >= 15 is 0 Å². The van der Waals surface area contributed by atoms with Crippen molar-refractivity contribution in [2.24, 2.45) is 0 Å². The van der Waals surface area contributed by atoms with Gasteiger partial charge in [0.15, 0.2) is 0 Å². The molecule has 0 aliphatic carbocycles. The number of hydrogen-bond acceptors (Lipinski definition) is 3. The zero-order valence-electron chi connectivity index (χ0n) is 24.6. The second-order valence-electron chi connectivity index (χ2n) is 10.7. The van der Waals surface area contributed by atoms with Crippen LogP contribution in [-0.2, 0) is 4.79 Å². The number of carbonyl (C=O) groups is 1. The average molecular weight is 520 g/mol. The minimum atomic E-state index is -0.908. The molecule has 0 unspecified atom stereocenters. The van der Waals surface area contributed by atoms with Gasteiger partial charge in [0.2, 0.25) is 0 Å². The van der Waals surface area contributed by atoms with Crippen LogP contribution >= 0.6 is 0 Å². The maximum absolute atomic E-state index is 10.9. The molecule has 0 saturated carbocycles. The van der Waals surface area contributed by atoms with Gasteiger partial charge in [-0.25, -0.2) is 0 Å². The van der Waals surface area contributed by atoms with Gasteiger partial charge in [-0.2, -0.15) is 0 Å². The van der Waals surface area contributed by atoms with Crippen molar-refractivity contribution in [1.29, 1.82) is 0 Å². The summed E-state index contributed by atoms with van der Waals surface area (Å²) in [5, 5.41) is 10.9. The van der Waals surface area contributed by atoms with E-state index in [0.717, 1.165) is 13.1 Å². The molecule has 0 N–H and O–H groups in total. The number of nitrogens with zero attached hydrogens (tertiary/aromatic N) is 1. The Morgan fingerprint density at radius 1 is 0.457 bits per heavy atom. The molecule has 0 saturated heterocycles. The van der Waals surface area contributed by atoms with Gasteiger partial charge in [-0.15, -0.1) is 0 Å². The molecular formula is C31H62KNO2. The number of hydrogen-bond donors (Lipinski definition) is 0. The summed E-state index contributed by atoms with van der Waals surface area (Å²) in [6, 6.07) is 0. The molecule has 0 heterocycles. The molecular weight excluding hydrogens is 457 g/mol. The number of carboxylic acid groups (broad SMARTS) is 1. The fourth-order valence-electron chi connectivity index (χ4n) is 4.94. The van der Waals surface area contributed by atoms with Crippen LogP contribution in [0.25, 0.3) is 0 Å². The first kappa shape index (κ1) is 38.2. The summed E-state index contributed by atoms with van der Waals surface area (Å²) in [5.41, 5.74) is 0. The molecule has 0 aliphatic rings. The monoisotopic (exact) mass is 519 g/mol. The van der Waals surface area contributed by atoms with Gasteiger partial charge in [0, 0.05) is 12.5 Å². The fraction of sp³-hybridized carbons (Fsp3) is 0.968. The molecule has 0 atom stereocenters. The summed E-state index contributed by atoms with van der Waals surface area (Å²) in [5.74, 6) is -0.908. The van der Waals surface area contributed by atoms with Crippen LogP contribution in [-0.4, -0.2) is 30.5 Å². The quantitative estimate of drug-likeness (QED) is 0.0922. The minimum Gasteiger partial charge on any atom is -0.550 e. The standard InChI is InChI=1S/C31H63NO2.K/c1-3-5-7-9-11-13-15-17-19-21-23-25-28-32(30-27-31(33)34)29-26-24-22-20-18-16-14-12-10-8-6-4-2;/h3-30H2,1-2H3,(H,33,34);/q;+1/p-1. The number of aliphatic carboxylic acids is 1. The van der Waals surface area contributed by atoms with E-state index in [-0.39, 0.29) is 57.8 Å². The van der Waals surface area contributed by atoms with E-state index in [1.807, 2.05) is 0 Å². The van der Waals surface area contributed by atoms with Gasteiger partial charge < -0.3 is 14.8 Å². The normalized spacial score (nSPS) is 11.2. The second-order valence-corrected chi connectivity index (χ2v) is 10.7. The molecule has 0 radical (unpaired) electrons. The minimum absolute atomic E-state index is 0. The summed E-state index contributed by atoms with van der Waals surface area (Å²) >= 11 is 0. The van der Waals surface area contributed by atoms with Crippen molar-refractivity contribution >= 4 is 5.97 Å². The first-order chi connectivity index (χ1) is 16.7. The van der Waals surface area contributed by atoms with Gasteiger partial charge in [0.25, 0.3) is 0 Å². The van der Waals surface area contributed by atoms with Crippen LogP contribution in [0.15, 0.2) is 0 Å². The van der Waals surface area contributed by atoms with Gasteiger partial charge in [-0.3, -0.25) is 0 Å². The van der Waals surface area contributed by atoms with E-state index in [9.17, 15) is 9.90 Å². The van der Waals surface area contributed by atoms with Crippen molar-refractivity contribution in [3.63, 3.8) is 0 Å². The maximum Gasteiger partial charge on any atom is 1.00 e. The van der Waals surface area contributed by atoms with E-state index in [1.54, 1.807) is 0 Å². The topological polar surface area (TPSA) is 43.4 Å². The Labute approximate surface area is 263 Å². The number of unbranched alkanes of at least 4 members (excludes halogenated alkanes) is 22. The fourth-order valence-corrected chi connectivity index (χ4v) is 4.94. The van der Waals surface area contributed by atoms with Crippen molar-refractivity contribution in [2.75, 3.05) is 19.6 Å². The number of carboxylic acids is 1. The van der Waals surface area contributed by atoms with Crippen molar-refractivity contribution in [3.8, 4) is 0 Å². The Morgan fingerprint density at radius 3 is 0.971 bits per heavy atom. The van der Waals surface area contributed by atoms with Crippen LogP contribution in [0.1, 0.15) is 174 Å². The summed E-state index contributed by atoms with van der Waals surface area (Å²) in [6.45, 7) is 7.34. The zero-order chi connectivity index (χ0) is 25.0. The van der Waals surface area contributed by atoms with Gasteiger partial charge in [0.05, 0.1) is 0 Å². The third-order valence-corrected chi connectivity index (χ3v) is 7.29. The molecule has 0 rings (SSSR count). The van der Waals surface area contributed by atoms with E-state index in [1.165, 1.54) is 154 Å². The largest absolute Gasteiger partial charge is 1.00 e. The van der Waals surface area contributed by atoms with Gasteiger partial charge in [-0.05, 0) is 32.4 Å². The molecule has 0 spiro atoms. The molecule has 4 heteroatoms. The van der Waals surface area contributed by atoms with Crippen LogP contribution < -0.4 is 56.5 Å². The van der Waals surface area contributed by atoms with E-state index < -0.39 is 5.97 Å². The third kappa shape index (κ3) is 33.0. The SMILES string of the molecule is CCCCCCCCCCCCCCN(CCCCCCCCCCCCCC)CCC(=O)[O-].[K+]. The van der Waals surface area contributed by atoms with Crippen molar-refractivity contribution in [2.45, 2.75) is 174 Å². The molecule has 0 aliphatic heterocycles. The Balaban J connectivity index is 0. The number of carbonyl (C=O) groups excluding carboxylic acids is 1. The third-order valence-electron chi connectivity index (χ3n) is 7.29. The van der Waals surface area contributed by atoms with Gasteiger partial charge in [0.1, 0.15) is 0 Å². The van der Waals surface area contributed by atoms with Crippen LogP contribution in [0.3, 0.4) is 0 Å². The predicted molar refractivity (Wildman–Crippen MR) is 148 cm³/mol. The zero-order valence-corrected chi connectivity index (χ0v) is 27.7. The first-order valence-electron chi connectivity index (χ1n) is 15.6. The smallest absolute Gasteiger partial charge is 0.550 e. The average Bonchev–Trinajstić information content (AvgIpc) is 2.83. The molecule has 3 nitrogen and oxygen atoms in total. The maximum atomic E-state index is 10.9. The van der Waals surface area contributed by atoms with Crippen molar-refractivity contribution < 1.29 is 61.3 Å². The molecule has 0 aromatic heterocycles. The summed E-state index contributed by atoms with van der Waals surface area (Å²) < 4.78 is 0. The van der Waals surface area contributed by atoms with Crippen LogP contribution in [0.2, 0.25) is 0 Å². The molecule has 0 bridgehead atoms. The second kappa shape index (κ2) is 33.1. The van der Waals surface area contributed by atoms with E-state index in [4.69, 9.17) is 0 Å². The Hall–Kier alpha value is 1.07. The van der Waals surface area contributed by atoms with Gasteiger partial charge in [-0.1, -0.05) is 155 Å².